The SMILES string of the molecule is O=C(NCc1ccccc1)Nc1cccc([C@H]2O[C@@H](CN3CCOCC3)C[C@@H](c3ccc(CO)cc3)O2)c1. The topological polar surface area (TPSA) is 92.3 Å². The zero-order chi connectivity index (χ0) is 26.2. The van der Waals surface area contributed by atoms with Crippen LogP contribution < -0.4 is 10.6 Å². The van der Waals surface area contributed by atoms with Gasteiger partial charge >= 0.3 is 6.03 Å². The maximum absolute atomic E-state index is 12.5. The molecule has 3 aromatic carbocycles. The molecule has 2 heterocycles. The number of rotatable bonds is 8. The fraction of sp³-hybridized carbons (Fsp3) is 0.367. The maximum Gasteiger partial charge on any atom is 0.319 e. The highest BCUT2D eigenvalue weighted by molar-refractivity contribution is 5.89. The quantitative estimate of drug-likeness (QED) is 0.411. The van der Waals surface area contributed by atoms with E-state index in [2.05, 4.69) is 15.5 Å². The number of urea groups is 1. The average Bonchev–Trinajstić information content (AvgIpc) is 2.97. The number of nitrogens with zero attached hydrogens (tertiary/aromatic N) is 1. The van der Waals surface area contributed by atoms with Crippen LogP contribution in [0.3, 0.4) is 0 Å². The van der Waals surface area contributed by atoms with Crippen molar-refractivity contribution >= 4 is 11.7 Å². The summed E-state index contributed by atoms with van der Waals surface area (Å²) >= 11 is 0. The predicted octanol–water partition coefficient (Wildman–Crippen LogP) is 4.38. The highest BCUT2D eigenvalue weighted by Crippen LogP contribution is 2.38. The first-order chi connectivity index (χ1) is 18.7. The van der Waals surface area contributed by atoms with Crippen LogP contribution >= 0.6 is 0 Å². The van der Waals surface area contributed by atoms with Crippen molar-refractivity contribution in [1.29, 1.82) is 0 Å². The molecule has 2 aliphatic rings. The minimum Gasteiger partial charge on any atom is -0.392 e. The number of hydrogen-bond donors (Lipinski definition) is 3. The molecule has 3 N–H and O–H groups in total. The molecule has 0 radical (unpaired) electrons. The van der Waals surface area contributed by atoms with Gasteiger partial charge in [0.15, 0.2) is 6.29 Å². The Kier molecular flexibility index (Phi) is 9.01. The van der Waals surface area contributed by atoms with Gasteiger partial charge < -0.3 is 30.0 Å². The zero-order valence-corrected chi connectivity index (χ0v) is 21.4. The highest BCUT2D eigenvalue weighted by atomic mass is 16.7. The van der Waals surface area contributed by atoms with Gasteiger partial charge in [0.2, 0.25) is 0 Å². The molecule has 2 aliphatic heterocycles. The van der Waals surface area contributed by atoms with Crippen molar-refractivity contribution in [2.45, 2.75) is 38.1 Å². The fourth-order valence-corrected chi connectivity index (χ4v) is 4.82. The lowest BCUT2D eigenvalue weighted by molar-refractivity contribution is -0.253. The van der Waals surface area contributed by atoms with Crippen LogP contribution in [0.25, 0.3) is 0 Å². The van der Waals surface area contributed by atoms with Gasteiger partial charge in [-0.1, -0.05) is 66.7 Å². The molecule has 3 atom stereocenters. The van der Waals surface area contributed by atoms with E-state index in [0.29, 0.717) is 12.2 Å². The minimum absolute atomic E-state index is 0.00984. The van der Waals surface area contributed by atoms with Gasteiger partial charge in [0.25, 0.3) is 0 Å². The highest BCUT2D eigenvalue weighted by Gasteiger charge is 2.33. The van der Waals surface area contributed by atoms with Crippen molar-refractivity contribution in [3.63, 3.8) is 0 Å². The van der Waals surface area contributed by atoms with Crippen LogP contribution in [0.5, 0.6) is 0 Å². The van der Waals surface area contributed by atoms with E-state index >= 15 is 0 Å². The van der Waals surface area contributed by atoms with Crippen LogP contribution in [0.2, 0.25) is 0 Å². The monoisotopic (exact) mass is 517 g/mol. The van der Waals surface area contributed by atoms with E-state index in [0.717, 1.165) is 61.5 Å². The molecule has 0 bridgehead atoms. The van der Waals surface area contributed by atoms with Gasteiger partial charge in [-0.25, -0.2) is 4.79 Å². The first-order valence-electron chi connectivity index (χ1n) is 13.2. The van der Waals surface area contributed by atoms with E-state index in [4.69, 9.17) is 14.2 Å². The number of amides is 2. The molecular weight excluding hydrogens is 482 g/mol. The molecule has 38 heavy (non-hydrogen) atoms. The number of morpholine rings is 1. The van der Waals surface area contributed by atoms with E-state index in [9.17, 15) is 9.90 Å². The average molecular weight is 518 g/mol. The van der Waals surface area contributed by atoms with Gasteiger partial charge in [0.05, 0.1) is 32.0 Å². The van der Waals surface area contributed by atoms with Crippen LogP contribution in [0.4, 0.5) is 10.5 Å². The van der Waals surface area contributed by atoms with Crippen LogP contribution in [-0.4, -0.2) is 55.0 Å². The second kappa shape index (κ2) is 13.0. The molecule has 3 aromatic rings. The van der Waals surface area contributed by atoms with Crippen LogP contribution in [0.15, 0.2) is 78.9 Å². The van der Waals surface area contributed by atoms with Gasteiger partial charge in [0.1, 0.15) is 0 Å². The molecule has 0 aliphatic carbocycles. The number of aliphatic hydroxyl groups is 1. The van der Waals surface area contributed by atoms with Crippen LogP contribution in [0.1, 0.15) is 41.1 Å². The van der Waals surface area contributed by atoms with Crippen molar-refractivity contribution < 1.29 is 24.1 Å². The second-order valence-electron chi connectivity index (χ2n) is 9.68. The Bertz CT molecular complexity index is 1170. The second-order valence-corrected chi connectivity index (χ2v) is 9.68. The number of carbonyl (C=O) groups is 1. The molecule has 2 amide bonds. The molecule has 0 saturated carbocycles. The Morgan fingerprint density at radius 1 is 0.895 bits per heavy atom. The van der Waals surface area contributed by atoms with Gasteiger partial charge in [0, 0.05) is 43.9 Å². The summed E-state index contributed by atoms with van der Waals surface area (Å²) in [6, 6.07) is 25.0. The van der Waals surface area contributed by atoms with Crippen LogP contribution in [-0.2, 0) is 27.4 Å². The normalized spacial score (nSPS) is 22.1. The van der Waals surface area contributed by atoms with E-state index < -0.39 is 6.29 Å². The van der Waals surface area contributed by atoms with Crippen molar-refractivity contribution in [3.8, 4) is 0 Å². The van der Waals surface area contributed by atoms with Crippen molar-refractivity contribution in [1.82, 2.24) is 10.2 Å². The lowest BCUT2D eigenvalue weighted by Crippen LogP contribution is -2.44. The third-order valence-corrected chi connectivity index (χ3v) is 6.89. The summed E-state index contributed by atoms with van der Waals surface area (Å²) in [4.78, 5) is 14.9. The number of hydrogen-bond acceptors (Lipinski definition) is 6. The van der Waals surface area contributed by atoms with Crippen molar-refractivity contribution in [2.75, 3.05) is 38.2 Å². The number of benzene rings is 3. The molecule has 0 aromatic heterocycles. The van der Waals surface area contributed by atoms with Gasteiger partial charge in [-0.2, -0.15) is 0 Å². The van der Waals surface area contributed by atoms with E-state index in [-0.39, 0.29) is 24.8 Å². The Labute approximate surface area is 223 Å². The van der Waals surface area contributed by atoms with E-state index in [1.165, 1.54) is 0 Å². The Balaban J connectivity index is 1.28. The van der Waals surface area contributed by atoms with E-state index in [1.54, 1.807) is 0 Å². The summed E-state index contributed by atoms with van der Waals surface area (Å²) in [5.74, 6) is 0. The number of aliphatic hydroxyl groups excluding tert-OH is 1. The lowest BCUT2D eigenvalue weighted by atomic mass is 9.99. The van der Waals surface area contributed by atoms with Gasteiger partial charge in [-0.3, -0.25) is 4.90 Å². The molecule has 5 rings (SSSR count). The predicted molar refractivity (Wildman–Crippen MR) is 144 cm³/mol. The first kappa shape index (κ1) is 26.3. The van der Waals surface area contributed by atoms with Crippen LogP contribution in [0, 0.1) is 0 Å². The largest absolute Gasteiger partial charge is 0.392 e. The fourth-order valence-electron chi connectivity index (χ4n) is 4.82. The smallest absolute Gasteiger partial charge is 0.319 e. The molecule has 0 unspecified atom stereocenters. The third-order valence-electron chi connectivity index (χ3n) is 6.89. The number of anilines is 1. The number of carbonyl (C=O) groups excluding carboxylic acids is 1. The lowest BCUT2D eigenvalue weighted by Gasteiger charge is -2.39. The summed E-state index contributed by atoms with van der Waals surface area (Å²) in [7, 11) is 0. The molecular formula is C30H35N3O5. The molecule has 200 valence electrons. The molecule has 2 fully saturated rings. The Morgan fingerprint density at radius 3 is 2.45 bits per heavy atom. The zero-order valence-electron chi connectivity index (χ0n) is 21.4. The molecule has 0 spiro atoms. The number of nitrogens with one attached hydrogen (secondary N) is 2. The standard InChI is InChI=1S/C30H35N3O5/c34-21-23-9-11-24(12-10-23)28-18-27(20-33-13-15-36-16-14-33)37-29(38-28)25-7-4-8-26(17-25)32-30(35)31-19-22-5-2-1-3-6-22/h1-12,17,27-29,34H,13-16,18-21H2,(H2,31,32,35)/t27-,28+,29+/m1/s1. The van der Waals surface area contributed by atoms with Gasteiger partial charge in [-0.15, -0.1) is 0 Å². The minimum atomic E-state index is -0.577. The summed E-state index contributed by atoms with van der Waals surface area (Å²) < 4.78 is 18.4. The molecule has 8 heteroatoms. The van der Waals surface area contributed by atoms with Crippen molar-refractivity contribution in [3.05, 3.63) is 101 Å². The summed E-state index contributed by atoms with van der Waals surface area (Å²) in [5, 5.41) is 15.2. The summed E-state index contributed by atoms with van der Waals surface area (Å²) in [6.45, 7) is 4.50. The van der Waals surface area contributed by atoms with Gasteiger partial charge in [-0.05, 0) is 28.8 Å². The molecule has 2 saturated heterocycles. The maximum atomic E-state index is 12.5. The first-order valence-corrected chi connectivity index (χ1v) is 13.2. The molecule has 8 nitrogen and oxygen atoms in total. The summed E-state index contributed by atoms with van der Waals surface area (Å²) in [5.41, 5.74) is 4.46. The van der Waals surface area contributed by atoms with E-state index in [1.807, 2.05) is 78.9 Å². The summed E-state index contributed by atoms with van der Waals surface area (Å²) in [6.07, 6.45) is -0.0310. The Hall–Kier alpha value is -3.27. The third kappa shape index (κ3) is 7.18. The van der Waals surface area contributed by atoms with Crippen molar-refractivity contribution in [2.24, 2.45) is 0 Å². The number of ether oxygens (including phenoxy) is 3. The Morgan fingerprint density at radius 2 is 1.68 bits per heavy atom.